The molecule has 1 fully saturated rings. The largest absolute Gasteiger partial charge is 0.486 e. The number of anilines is 2. The number of benzene rings is 3. The van der Waals surface area contributed by atoms with Crippen LogP contribution in [0.4, 0.5) is 11.4 Å². The van der Waals surface area contributed by atoms with Crippen molar-refractivity contribution < 1.29 is 19.1 Å². The van der Waals surface area contributed by atoms with Crippen molar-refractivity contribution in [2.24, 2.45) is 0 Å². The van der Waals surface area contributed by atoms with Gasteiger partial charge in [0.1, 0.15) is 13.2 Å². The van der Waals surface area contributed by atoms with Crippen LogP contribution in [0.5, 0.6) is 11.5 Å². The van der Waals surface area contributed by atoms with Gasteiger partial charge < -0.3 is 24.6 Å². The summed E-state index contributed by atoms with van der Waals surface area (Å²) in [6.07, 6.45) is 0. The SMILES string of the molecule is O=C(NC(=S)Nc1ccc(N2CCN(C(=O)c3ccccc3)CC2)c(Cl)c1)c1ccc2c(c1)OCCO2. The van der Waals surface area contributed by atoms with E-state index < -0.39 is 0 Å². The number of carbonyl (C=O) groups excluding carboxylic acids is 2. The van der Waals surface area contributed by atoms with Crippen LogP contribution in [0.2, 0.25) is 5.02 Å². The number of piperazine rings is 1. The van der Waals surface area contributed by atoms with Gasteiger partial charge in [0.25, 0.3) is 11.8 Å². The maximum Gasteiger partial charge on any atom is 0.257 e. The number of carbonyl (C=O) groups is 2. The Morgan fingerprint density at radius 3 is 2.30 bits per heavy atom. The summed E-state index contributed by atoms with van der Waals surface area (Å²) in [6.45, 7) is 3.50. The van der Waals surface area contributed by atoms with Gasteiger partial charge in [-0.05, 0) is 60.7 Å². The summed E-state index contributed by atoms with van der Waals surface area (Å²) in [6, 6.07) is 19.8. The predicted molar refractivity (Wildman–Crippen MR) is 147 cm³/mol. The van der Waals surface area contributed by atoms with Gasteiger partial charge in [-0.2, -0.15) is 0 Å². The van der Waals surface area contributed by atoms with Crippen molar-refractivity contribution in [3.8, 4) is 11.5 Å². The van der Waals surface area contributed by atoms with Crippen LogP contribution in [-0.2, 0) is 0 Å². The normalized spacial score (nSPS) is 14.6. The minimum absolute atomic E-state index is 0.0395. The van der Waals surface area contributed by atoms with Gasteiger partial charge in [-0.1, -0.05) is 29.8 Å². The molecule has 0 bridgehead atoms. The van der Waals surface area contributed by atoms with E-state index in [9.17, 15) is 9.59 Å². The van der Waals surface area contributed by atoms with Crippen LogP contribution in [0.1, 0.15) is 20.7 Å². The molecule has 3 aromatic rings. The van der Waals surface area contributed by atoms with E-state index in [0.717, 1.165) is 5.69 Å². The molecular formula is C27H25ClN4O4S. The quantitative estimate of drug-likeness (QED) is 0.484. The van der Waals surface area contributed by atoms with Crippen LogP contribution < -0.4 is 25.0 Å². The summed E-state index contributed by atoms with van der Waals surface area (Å²) in [5.41, 5.74) is 2.64. The molecule has 2 heterocycles. The Morgan fingerprint density at radius 1 is 0.838 bits per heavy atom. The molecule has 1 saturated heterocycles. The van der Waals surface area contributed by atoms with Crippen molar-refractivity contribution in [3.05, 3.63) is 82.9 Å². The third-order valence-electron chi connectivity index (χ3n) is 6.17. The molecule has 8 nitrogen and oxygen atoms in total. The smallest absolute Gasteiger partial charge is 0.257 e. The fourth-order valence-electron chi connectivity index (χ4n) is 4.28. The second-order valence-electron chi connectivity index (χ2n) is 8.58. The first-order valence-corrected chi connectivity index (χ1v) is 12.7. The highest BCUT2D eigenvalue weighted by Crippen LogP contribution is 2.31. The van der Waals surface area contributed by atoms with E-state index in [1.54, 1.807) is 24.3 Å². The lowest BCUT2D eigenvalue weighted by atomic mass is 10.1. The lowest BCUT2D eigenvalue weighted by Gasteiger charge is -2.36. The lowest BCUT2D eigenvalue weighted by Crippen LogP contribution is -2.48. The zero-order valence-corrected chi connectivity index (χ0v) is 21.5. The van der Waals surface area contributed by atoms with Crippen LogP contribution in [0.3, 0.4) is 0 Å². The molecule has 0 radical (unpaired) electrons. The monoisotopic (exact) mass is 536 g/mol. The topological polar surface area (TPSA) is 83.1 Å². The minimum Gasteiger partial charge on any atom is -0.486 e. The second kappa shape index (κ2) is 11.1. The number of hydrogen-bond acceptors (Lipinski definition) is 6. The van der Waals surface area contributed by atoms with Crippen LogP contribution in [0.25, 0.3) is 0 Å². The summed E-state index contributed by atoms with van der Waals surface area (Å²) in [5.74, 6) is 0.825. The summed E-state index contributed by atoms with van der Waals surface area (Å²) >= 11 is 11.9. The van der Waals surface area contributed by atoms with Crippen LogP contribution in [0, 0.1) is 0 Å². The summed E-state index contributed by atoms with van der Waals surface area (Å²) in [7, 11) is 0. The number of thiocarbonyl (C=S) groups is 1. The van der Waals surface area contributed by atoms with E-state index in [4.69, 9.17) is 33.3 Å². The van der Waals surface area contributed by atoms with E-state index in [-0.39, 0.29) is 16.9 Å². The zero-order chi connectivity index (χ0) is 25.8. The molecule has 0 unspecified atom stereocenters. The molecule has 10 heteroatoms. The van der Waals surface area contributed by atoms with E-state index in [2.05, 4.69) is 15.5 Å². The molecule has 5 rings (SSSR count). The number of amides is 2. The number of ether oxygens (including phenoxy) is 2. The average Bonchev–Trinajstić information content (AvgIpc) is 2.93. The molecule has 3 aromatic carbocycles. The molecule has 0 saturated carbocycles. The Morgan fingerprint density at radius 2 is 1.57 bits per heavy atom. The van der Waals surface area contributed by atoms with Crippen molar-refractivity contribution >= 4 is 52.1 Å². The van der Waals surface area contributed by atoms with Crippen molar-refractivity contribution in [1.82, 2.24) is 10.2 Å². The van der Waals surface area contributed by atoms with E-state index in [1.807, 2.05) is 47.4 Å². The van der Waals surface area contributed by atoms with Gasteiger partial charge in [0.05, 0.1) is 10.7 Å². The van der Waals surface area contributed by atoms with Gasteiger partial charge in [0, 0.05) is 43.0 Å². The Balaban J connectivity index is 1.15. The lowest BCUT2D eigenvalue weighted by molar-refractivity contribution is 0.0746. The highest BCUT2D eigenvalue weighted by Gasteiger charge is 2.23. The van der Waals surface area contributed by atoms with E-state index in [1.165, 1.54) is 0 Å². The average molecular weight is 537 g/mol. The second-order valence-corrected chi connectivity index (χ2v) is 9.39. The van der Waals surface area contributed by atoms with Crippen molar-refractivity contribution in [2.45, 2.75) is 0 Å². The fraction of sp³-hybridized carbons (Fsp3) is 0.222. The van der Waals surface area contributed by atoms with Crippen LogP contribution >= 0.6 is 23.8 Å². The molecule has 0 aromatic heterocycles. The zero-order valence-electron chi connectivity index (χ0n) is 19.9. The molecule has 37 heavy (non-hydrogen) atoms. The highest BCUT2D eigenvalue weighted by molar-refractivity contribution is 7.80. The van der Waals surface area contributed by atoms with Gasteiger partial charge in [-0.3, -0.25) is 14.9 Å². The number of rotatable bonds is 4. The summed E-state index contributed by atoms with van der Waals surface area (Å²) in [5, 5.41) is 6.38. The Bertz CT molecular complexity index is 1330. The molecular weight excluding hydrogens is 512 g/mol. The molecule has 2 aliphatic rings. The Hall–Kier alpha value is -3.82. The molecule has 0 aliphatic carbocycles. The summed E-state index contributed by atoms with van der Waals surface area (Å²) in [4.78, 5) is 29.3. The van der Waals surface area contributed by atoms with Gasteiger partial charge in [-0.15, -0.1) is 0 Å². The summed E-state index contributed by atoms with van der Waals surface area (Å²) < 4.78 is 11.0. The van der Waals surface area contributed by atoms with Crippen molar-refractivity contribution in [3.63, 3.8) is 0 Å². The highest BCUT2D eigenvalue weighted by atomic mass is 35.5. The maximum absolute atomic E-state index is 12.7. The fourth-order valence-corrected chi connectivity index (χ4v) is 4.79. The molecule has 2 N–H and O–H groups in total. The number of hydrogen-bond donors (Lipinski definition) is 2. The first kappa shape index (κ1) is 24.9. The van der Waals surface area contributed by atoms with Crippen LogP contribution in [0.15, 0.2) is 66.7 Å². The minimum atomic E-state index is -0.361. The third kappa shape index (κ3) is 5.79. The first-order valence-electron chi connectivity index (χ1n) is 11.9. The van der Waals surface area contributed by atoms with Gasteiger partial charge in [0.15, 0.2) is 16.6 Å². The number of nitrogens with zero attached hydrogens (tertiary/aromatic N) is 2. The van der Waals surface area contributed by atoms with Crippen molar-refractivity contribution in [1.29, 1.82) is 0 Å². The van der Waals surface area contributed by atoms with E-state index in [0.29, 0.717) is 72.7 Å². The predicted octanol–water partition coefficient (Wildman–Crippen LogP) is 4.20. The number of fused-ring (bicyclic) bond motifs is 1. The maximum atomic E-state index is 12.7. The number of nitrogens with one attached hydrogen (secondary N) is 2. The molecule has 0 spiro atoms. The molecule has 0 atom stereocenters. The van der Waals surface area contributed by atoms with Crippen LogP contribution in [-0.4, -0.2) is 61.2 Å². The van der Waals surface area contributed by atoms with E-state index >= 15 is 0 Å². The standard InChI is InChI=1S/C27H25ClN4O4S/c28-21-17-20(29-27(37)30-25(33)19-6-9-23-24(16-19)36-15-14-35-23)7-8-22(21)31-10-12-32(13-11-31)26(34)18-4-2-1-3-5-18/h1-9,16-17H,10-15H2,(H2,29,30,33,37). The molecule has 190 valence electrons. The number of halogens is 1. The third-order valence-corrected chi connectivity index (χ3v) is 6.67. The van der Waals surface area contributed by atoms with Gasteiger partial charge in [-0.25, -0.2) is 0 Å². The first-order chi connectivity index (χ1) is 18.0. The Labute approximate surface area is 225 Å². The van der Waals surface area contributed by atoms with Crippen molar-refractivity contribution in [2.75, 3.05) is 49.6 Å². The Kier molecular flexibility index (Phi) is 7.43. The molecule has 2 aliphatic heterocycles. The molecule has 2 amide bonds. The van der Waals surface area contributed by atoms with Gasteiger partial charge in [0.2, 0.25) is 0 Å². The van der Waals surface area contributed by atoms with Gasteiger partial charge >= 0.3 is 0 Å².